The van der Waals surface area contributed by atoms with Gasteiger partial charge in [0.15, 0.2) is 0 Å². The van der Waals surface area contributed by atoms with Crippen molar-refractivity contribution in [1.29, 1.82) is 0 Å². The van der Waals surface area contributed by atoms with Gasteiger partial charge in [-0.15, -0.1) is 0 Å². The first-order valence-corrected chi connectivity index (χ1v) is 5.61. The molecule has 3 rings (SSSR count). The van der Waals surface area contributed by atoms with Crippen molar-refractivity contribution in [2.75, 3.05) is 5.73 Å². The molecule has 3 nitrogen and oxygen atoms in total. The lowest BCUT2D eigenvalue weighted by atomic mass is 10.2. The lowest BCUT2D eigenvalue weighted by Gasteiger charge is -1.96. The van der Waals surface area contributed by atoms with Crippen LogP contribution < -0.4 is 5.73 Å². The molecule has 2 heterocycles. The van der Waals surface area contributed by atoms with Crippen molar-refractivity contribution in [3.63, 3.8) is 0 Å². The molecule has 3 aromatic rings. The Hall–Kier alpha value is -2.00. The molecule has 0 fully saturated rings. The van der Waals surface area contributed by atoms with E-state index >= 15 is 0 Å². The largest absolute Gasteiger partial charge is 0.385 e. The number of nitrogens with two attached hydrogens (primary N) is 1. The average Bonchev–Trinajstić information content (AvgIpc) is 2.74. The minimum Gasteiger partial charge on any atom is -0.385 e. The van der Waals surface area contributed by atoms with Crippen LogP contribution in [0.1, 0.15) is 0 Å². The van der Waals surface area contributed by atoms with Crippen molar-refractivity contribution >= 4 is 23.1 Å². The van der Waals surface area contributed by atoms with Crippen LogP contribution in [0.25, 0.3) is 16.9 Å². The first-order valence-electron chi connectivity index (χ1n) is 5.23. The SMILES string of the molecule is Nc1cccc2nc(-c3cccc(Cl)c3)cn12. The van der Waals surface area contributed by atoms with E-state index in [9.17, 15) is 0 Å². The highest BCUT2D eigenvalue weighted by Gasteiger charge is 2.05. The molecule has 0 spiro atoms. The maximum atomic E-state index is 5.97. The van der Waals surface area contributed by atoms with Gasteiger partial charge in [0, 0.05) is 16.8 Å². The summed E-state index contributed by atoms with van der Waals surface area (Å²) < 4.78 is 1.86. The van der Waals surface area contributed by atoms with Gasteiger partial charge in [-0.2, -0.15) is 0 Å². The van der Waals surface area contributed by atoms with E-state index in [1.54, 1.807) is 0 Å². The number of pyridine rings is 1. The molecule has 1 aromatic carbocycles. The number of rotatable bonds is 1. The zero-order chi connectivity index (χ0) is 11.8. The molecule has 17 heavy (non-hydrogen) atoms. The Kier molecular flexibility index (Phi) is 2.27. The standard InChI is InChI=1S/C13H10ClN3/c14-10-4-1-3-9(7-10)11-8-17-12(15)5-2-6-13(17)16-11/h1-8H,15H2. The van der Waals surface area contributed by atoms with Gasteiger partial charge in [-0.25, -0.2) is 4.98 Å². The molecule has 0 bridgehead atoms. The quantitative estimate of drug-likeness (QED) is 0.713. The van der Waals surface area contributed by atoms with Crippen LogP contribution in [-0.2, 0) is 0 Å². The highest BCUT2D eigenvalue weighted by Crippen LogP contribution is 2.23. The van der Waals surface area contributed by atoms with Crippen molar-refractivity contribution in [2.45, 2.75) is 0 Å². The zero-order valence-corrected chi connectivity index (χ0v) is 9.72. The van der Waals surface area contributed by atoms with Gasteiger partial charge in [0.2, 0.25) is 0 Å². The number of aromatic nitrogens is 2. The Morgan fingerprint density at radius 1 is 1.12 bits per heavy atom. The summed E-state index contributed by atoms with van der Waals surface area (Å²) in [6, 6.07) is 13.3. The van der Waals surface area contributed by atoms with E-state index in [0.29, 0.717) is 10.8 Å². The number of anilines is 1. The van der Waals surface area contributed by atoms with Gasteiger partial charge in [0.1, 0.15) is 11.5 Å². The number of nitrogen functional groups attached to an aromatic ring is 1. The van der Waals surface area contributed by atoms with E-state index in [2.05, 4.69) is 4.98 Å². The summed E-state index contributed by atoms with van der Waals surface area (Å²) in [7, 11) is 0. The fourth-order valence-corrected chi connectivity index (χ4v) is 2.01. The van der Waals surface area contributed by atoms with Crippen LogP contribution in [0.2, 0.25) is 5.02 Å². The summed E-state index contributed by atoms with van der Waals surface area (Å²) in [5.41, 5.74) is 8.56. The number of halogens is 1. The van der Waals surface area contributed by atoms with Gasteiger partial charge < -0.3 is 5.73 Å². The third-order valence-corrected chi connectivity index (χ3v) is 2.88. The lowest BCUT2D eigenvalue weighted by Crippen LogP contribution is -1.93. The molecule has 2 aromatic heterocycles. The van der Waals surface area contributed by atoms with Gasteiger partial charge in [-0.3, -0.25) is 4.40 Å². The Bertz CT molecular complexity index is 688. The summed E-state index contributed by atoms with van der Waals surface area (Å²) in [5, 5.41) is 0.701. The third-order valence-electron chi connectivity index (χ3n) is 2.64. The van der Waals surface area contributed by atoms with Crippen molar-refractivity contribution in [3.05, 3.63) is 53.7 Å². The molecule has 0 aliphatic rings. The van der Waals surface area contributed by atoms with E-state index in [4.69, 9.17) is 17.3 Å². The van der Waals surface area contributed by atoms with E-state index < -0.39 is 0 Å². The van der Waals surface area contributed by atoms with Crippen LogP contribution in [0, 0.1) is 0 Å². The molecule has 4 heteroatoms. The molecule has 0 unspecified atom stereocenters. The highest BCUT2D eigenvalue weighted by molar-refractivity contribution is 6.30. The molecule has 0 aliphatic heterocycles. The van der Waals surface area contributed by atoms with Gasteiger partial charge in [0.05, 0.1) is 5.69 Å². The minimum absolute atomic E-state index is 0.670. The van der Waals surface area contributed by atoms with Gasteiger partial charge in [0.25, 0.3) is 0 Å². The maximum Gasteiger partial charge on any atom is 0.139 e. The number of hydrogen-bond donors (Lipinski definition) is 1. The Morgan fingerprint density at radius 2 is 1.94 bits per heavy atom. The summed E-state index contributed by atoms with van der Waals surface area (Å²) in [4.78, 5) is 4.51. The van der Waals surface area contributed by atoms with E-state index in [-0.39, 0.29) is 0 Å². The lowest BCUT2D eigenvalue weighted by molar-refractivity contribution is 1.20. The van der Waals surface area contributed by atoms with Crippen LogP contribution in [-0.4, -0.2) is 9.38 Å². The number of fused-ring (bicyclic) bond motifs is 1. The first-order chi connectivity index (χ1) is 8.24. The molecule has 2 N–H and O–H groups in total. The monoisotopic (exact) mass is 243 g/mol. The molecule has 0 atom stereocenters. The van der Waals surface area contributed by atoms with Crippen LogP contribution >= 0.6 is 11.6 Å². The normalized spacial score (nSPS) is 10.9. The fraction of sp³-hybridized carbons (Fsp3) is 0. The molecular formula is C13H10ClN3. The number of nitrogens with zero attached hydrogens (tertiary/aromatic N) is 2. The zero-order valence-electron chi connectivity index (χ0n) is 8.97. The van der Waals surface area contributed by atoms with Gasteiger partial charge in [-0.05, 0) is 24.3 Å². The molecule has 84 valence electrons. The second-order valence-corrected chi connectivity index (χ2v) is 4.25. The summed E-state index contributed by atoms with van der Waals surface area (Å²) in [6.07, 6.45) is 1.91. The molecule has 0 saturated carbocycles. The molecule has 0 amide bonds. The van der Waals surface area contributed by atoms with Crippen LogP contribution in [0.5, 0.6) is 0 Å². The number of imidazole rings is 1. The van der Waals surface area contributed by atoms with Crippen molar-refractivity contribution in [2.24, 2.45) is 0 Å². The number of hydrogen-bond acceptors (Lipinski definition) is 2. The Morgan fingerprint density at radius 3 is 2.71 bits per heavy atom. The third kappa shape index (κ3) is 1.74. The fourth-order valence-electron chi connectivity index (χ4n) is 1.82. The molecule has 0 radical (unpaired) electrons. The Balaban J connectivity index is 2.22. The van der Waals surface area contributed by atoms with Gasteiger partial charge in [-0.1, -0.05) is 29.8 Å². The topological polar surface area (TPSA) is 43.3 Å². The number of benzene rings is 1. The highest BCUT2D eigenvalue weighted by atomic mass is 35.5. The summed E-state index contributed by atoms with van der Waals surface area (Å²) in [6.45, 7) is 0. The molecular weight excluding hydrogens is 234 g/mol. The van der Waals surface area contributed by atoms with Crippen molar-refractivity contribution in [3.8, 4) is 11.3 Å². The van der Waals surface area contributed by atoms with Crippen LogP contribution in [0.15, 0.2) is 48.7 Å². The predicted molar refractivity (Wildman–Crippen MR) is 70.1 cm³/mol. The predicted octanol–water partition coefficient (Wildman–Crippen LogP) is 3.24. The van der Waals surface area contributed by atoms with Crippen molar-refractivity contribution < 1.29 is 0 Å². The Labute approximate surface area is 103 Å². The summed E-state index contributed by atoms with van der Waals surface area (Å²) in [5.74, 6) is 0.670. The maximum absolute atomic E-state index is 5.97. The molecule has 0 saturated heterocycles. The smallest absolute Gasteiger partial charge is 0.139 e. The minimum atomic E-state index is 0.670. The first kappa shape index (κ1) is 10.2. The van der Waals surface area contributed by atoms with Crippen LogP contribution in [0.4, 0.5) is 5.82 Å². The summed E-state index contributed by atoms with van der Waals surface area (Å²) >= 11 is 5.97. The second kappa shape index (κ2) is 3.79. The molecule has 0 aliphatic carbocycles. The van der Waals surface area contributed by atoms with E-state index in [1.807, 2.05) is 53.1 Å². The van der Waals surface area contributed by atoms with Gasteiger partial charge >= 0.3 is 0 Å². The van der Waals surface area contributed by atoms with E-state index in [0.717, 1.165) is 16.9 Å². The van der Waals surface area contributed by atoms with Crippen LogP contribution in [0.3, 0.4) is 0 Å². The van der Waals surface area contributed by atoms with E-state index in [1.165, 1.54) is 0 Å². The van der Waals surface area contributed by atoms with Crippen molar-refractivity contribution in [1.82, 2.24) is 9.38 Å². The average molecular weight is 244 g/mol. The second-order valence-electron chi connectivity index (χ2n) is 3.82.